The Labute approximate surface area is 152 Å². The van der Waals surface area contributed by atoms with Gasteiger partial charge in [-0.15, -0.1) is 0 Å². The Hall–Kier alpha value is -1.30. The number of ether oxygens (including phenoxy) is 1. The predicted octanol–water partition coefficient (Wildman–Crippen LogP) is 2.15. The molecule has 0 aromatic rings. The summed E-state index contributed by atoms with van der Waals surface area (Å²) in [5, 5.41) is 6.80. The van der Waals surface area contributed by atoms with E-state index in [4.69, 9.17) is 4.74 Å². The van der Waals surface area contributed by atoms with Crippen LogP contribution in [0.15, 0.2) is 4.99 Å². The summed E-state index contributed by atoms with van der Waals surface area (Å²) in [5.41, 5.74) is 0.268. The maximum atomic E-state index is 11.5. The summed E-state index contributed by atoms with van der Waals surface area (Å²) in [5.74, 6) is 0.395. The molecule has 1 atom stereocenters. The lowest BCUT2D eigenvalue weighted by atomic mass is 9.79. The number of carbonyl (C=O) groups is 1. The summed E-state index contributed by atoms with van der Waals surface area (Å²) in [6.45, 7) is 5.78. The average Bonchev–Trinajstić information content (AvgIpc) is 2.68. The first-order chi connectivity index (χ1) is 12.1. The number of hydrogen-bond donors (Lipinski definition) is 2. The van der Waals surface area contributed by atoms with Crippen molar-refractivity contribution in [2.24, 2.45) is 10.9 Å². The molecule has 0 spiro atoms. The largest absolute Gasteiger partial charge is 0.469 e. The molecule has 1 heterocycles. The van der Waals surface area contributed by atoms with E-state index >= 15 is 0 Å². The molecule has 0 amide bonds. The molecule has 2 fully saturated rings. The molecule has 6 heteroatoms. The van der Waals surface area contributed by atoms with Crippen molar-refractivity contribution in [1.29, 1.82) is 0 Å². The fourth-order valence-corrected chi connectivity index (χ4v) is 4.19. The van der Waals surface area contributed by atoms with E-state index in [-0.39, 0.29) is 17.4 Å². The SMILES string of the molecule is CN=C(NCC(C)C(=O)OC)NCC1(N2CCCCC2)CCCCC1. The second-order valence-electron chi connectivity index (χ2n) is 7.56. The van der Waals surface area contributed by atoms with Crippen LogP contribution in [0.5, 0.6) is 0 Å². The third kappa shape index (κ3) is 5.59. The maximum absolute atomic E-state index is 11.5. The highest BCUT2D eigenvalue weighted by Gasteiger charge is 2.38. The van der Waals surface area contributed by atoms with Gasteiger partial charge in [0.2, 0.25) is 0 Å². The minimum absolute atomic E-state index is 0.186. The molecule has 1 aliphatic carbocycles. The molecule has 6 nitrogen and oxygen atoms in total. The third-order valence-electron chi connectivity index (χ3n) is 5.80. The van der Waals surface area contributed by atoms with E-state index in [1.165, 1.54) is 71.6 Å². The van der Waals surface area contributed by atoms with Gasteiger partial charge in [0.1, 0.15) is 0 Å². The summed E-state index contributed by atoms with van der Waals surface area (Å²) in [7, 11) is 3.21. The van der Waals surface area contributed by atoms with E-state index in [1.807, 2.05) is 6.92 Å². The zero-order valence-electron chi connectivity index (χ0n) is 16.3. The normalized spacial score (nSPS) is 22.9. The van der Waals surface area contributed by atoms with Crippen LogP contribution in [0.1, 0.15) is 58.3 Å². The standard InChI is InChI=1S/C19H36N4O2/c1-16(17(24)25-3)14-21-18(20-2)22-15-19(10-6-4-7-11-19)23-12-8-5-9-13-23/h16H,4-15H2,1-3H3,(H2,20,21,22). The van der Waals surface area contributed by atoms with E-state index < -0.39 is 0 Å². The smallest absolute Gasteiger partial charge is 0.310 e. The molecule has 144 valence electrons. The number of nitrogens with one attached hydrogen (secondary N) is 2. The van der Waals surface area contributed by atoms with Crippen LogP contribution in [0.2, 0.25) is 0 Å². The minimum atomic E-state index is -0.194. The number of likely N-dealkylation sites (tertiary alicyclic amines) is 1. The van der Waals surface area contributed by atoms with Crippen LogP contribution < -0.4 is 10.6 Å². The van der Waals surface area contributed by atoms with E-state index in [0.717, 1.165) is 12.5 Å². The lowest BCUT2D eigenvalue weighted by molar-refractivity contribution is -0.144. The topological polar surface area (TPSA) is 66.0 Å². The van der Waals surface area contributed by atoms with Crippen molar-refractivity contribution < 1.29 is 9.53 Å². The Balaban J connectivity index is 1.90. The monoisotopic (exact) mass is 352 g/mol. The van der Waals surface area contributed by atoms with Crippen LogP contribution in [0.3, 0.4) is 0 Å². The van der Waals surface area contributed by atoms with Gasteiger partial charge in [0, 0.05) is 25.7 Å². The van der Waals surface area contributed by atoms with Gasteiger partial charge in [0.05, 0.1) is 13.0 Å². The number of methoxy groups -OCH3 is 1. The van der Waals surface area contributed by atoms with Gasteiger partial charge in [-0.3, -0.25) is 14.7 Å². The summed E-state index contributed by atoms with van der Waals surface area (Å²) in [6.07, 6.45) is 10.6. The molecule has 0 aromatic heterocycles. The summed E-state index contributed by atoms with van der Waals surface area (Å²) >= 11 is 0. The average molecular weight is 353 g/mol. The van der Waals surface area contributed by atoms with Crippen LogP contribution in [-0.2, 0) is 9.53 Å². The van der Waals surface area contributed by atoms with Gasteiger partial charge >= 0.3 is 5.97 Å². The van der Waals surface area contributed by atoms with Gasteiger partial charge in [-0.1, -0.05) is 32.6 Å². The maximum Gasteiger partial charge on any atom is 0.310 e. The number of nitrogens with zero attached hydrogens (tertiary/aromatic N) is 2. The molecule has 0 bridgehead atoms. The molecule has 1 saturated carbocycles. The van der Waals surface area contributed by atoms with Crippen LogP contribution in [-0.4, -0.2) is 62.7 Å². The zero-order chi connectivity index (χ0) is 18.1. The molecular weight excluding hydrogens is 316 g/mol. The van der Waals surface area contributed by atoms with Crippen molar-refractivity contribution in [2.75, 3.05) is 40.3 Å². The number of hydrogen-bond acceptors (Lipinski definition) is 4. The van der Waals surface area contributed by atoms with Crippen LogP contribution in [0.25, 0.3) is 0 Å². The van der Waals surface area contributed by atoms with Crippen molar-refractivity contribution >= 4 is 11.9 Å². The van der Waals surface area contributed by atoms with Gasteiger partial charge in [0.15, 0.2) is 5.96 Å². The van der Waals surface area contributed by atoms with Crippen molar-refractivity contribution in [2.45, 2.75) is 63.8 Å². The highest BCUT2D eigenvalue weighted by atomic mass is 16.5. The lowest BCUT2D eigenvalue weighted by Crippen LogP contribution is -2.59. The van der Waals surface area contributed by atoms with Crippen molar-refractivity contribution in [1.82, 2.24) is 15.5 Å². The third-order valence-corrected chi connectivity index (χ3v) is 5.80. The van der Waals surface area contributed by atoms with Crippen molar-refractivity contribution in [3.05, 3.63) is 0 Å². The molecule has 0 radical (unpaired) electrons. The molecule has 1 unspecified atom stereocenters. The Bertz CT molecular complexity index is 441. The highest BCUT2D eigenvalue weighted by molar-refractivity contribution is 5.80. The van der Waals surface area contributed by atoms with Crippen LogP contribution in [0, 0.1) is 5.92 Å². The number of aliphatic imine (C=N–C) groups is 1. The molecule has 0 aromatic carbocycles. The van der Waals surface area contributed by atoms with Gasteiger partial charge in [-0.2, -0.15) is 0 Å². The minimum Gasteiger partial charge on any atom is -0.469 e. The molecule has 25 heavy (non-hydrogen) atoms. The summed E-state index contributed by atoms with van der Waals surface area (Å²) < 4.78 is 4.78. The molecule has 1 aliphatic heterocycles. The van der Waals surface area contributed by atoms with Crippen molar-refractivity contribution in [3.8, 4) is 0 Å². The Kier molecular flexibility index (Phi) is 8.00. The van der Waals surface area contributed by atoms with Crippen molar-refractivity contribution in [3.63, 3.8) is 0 Å². The molecule has 2 N–H and O–H groups in total. The van der Waals surface area contributed by atoms with E-state index in [1.54, 1.807) is 7.05 Å². The van der Waals surface area contributed by atoms with Crippen LogP contribution in [0.4, 0.5) is 0 Å². The Morgan fingerprint density at radius 3 is 2.36 bits per heavy atom. The Morgan fingerprint density at radius 1 is 1.12 bits per heavy atom. The summed E-state index contributed by atoms with van der Waals surface area (Å²) in [6, 6.07) is 0. The highest BCUT2D eigenvalue weighted by Crippen LogP contribution is 2.35. The van der Waals surface area contributed by atoms with Crippen LogP contribution >= 0.6 is 0 Å². The van der Waals surface area contributed by atoms with E-state index in [0.29, 0.717) is 6.54 Å². The molecule has 2 rings (SSSR count). The fourth-order valence-electron chi connectivity index (χ4n) is 4.19. The molecule has 2 aliphatic rings. The van der Waals surface area contributed by atoms with Gasteiger partial charge in [0.25, 0.3) is 0 Å². The van der Waals surface area contributed by atoms with E-state index in [9.17, 15) is 4.79 Å². The fraction of sp³-hybridized carbons (Fsp3) is 0.895. The number of carbonyl (C=O) groups excluding carboxylic acids is 1. The first-order valence-electron chi connectivity index (χ1n) is 9.89. The molecular formula is C19H36N4O2. The second kappa shape index (κ2) is 10.00. The second-order valence-corrected chi connectivity index (χ2v) is 7.56. The van der Waals surface area contributed by atoms with Gasteiger partial charge in [-0.25, -0.2) is 0 Å². The first-order valence-corrected chi connectivity index (χ1v) is 9.89. The molecule has 1 saturated heterocycles. The number of esters is 1. The number of guanidine groups is 1. The van der Waals surface area contributed by atoms with E-state index in [2.05, 4.69) is 20.5 Å². The quantitative estimate of drug-likeness (QED) is 0.436. The van der Waals surface area contributed by atoms with Gasteiger partial charge < -0.3 is 15.4 Å². The Morgan fingerprint density at radius 2 is 1.76 bits per heavy atom. The first kappa shape index (κ1) is 20.0. The predicted molar refractivity (Wildman–Crippen MR) is 102 cm³/mol. The lowest BCUT2D eigenvalue weighted by Gasteiger charge is -2.48. The zero-order valence-corrected chi connectivity index (χ0v) is 16.3. The van der Waals surface area contributed by atoms with Gasteiger partial charge in [-0.05, 0) is 38.8 Å². The number of piperidine rings is 1. The number of rotatable bonds is 6. The summed E-state index contributed by atoms with van der Waals surface area (Å²) in [4.78, 5) is 18.6.